The van der Waals surface area contributed by atoms with E-state index in [1.165, 1.54) is 19.3 Å². The molecule has 0 amide bonds. The van der Waals surface area contributed by atoms with Crippen LogP contribution < -0.4 is 10.5 Å². The fraction of sp³-hybridized carbons (Fsp3) is 1.00. The molecule has 2 aliphatic rings. The summed E-state index contributed by atoms with van der Waals surface area (Å²) in [6, 6.07) is 0. The van der Waals surface area contributed by atoms with E-state index in [-0.39, 0.29) is 0 Å². The zero-order valence-electron chi connectivity index (χ0n) is 12.0. The molecule has 0 radical (unpaired) electrons. The number of nitrogens with one attached hydrogen (secondary N) is 1. The highest BCUT2D eigenvalue weighted by atomic mass is 32.2. The van der Waals surface area contributed by atoms with Gasteiger partial charge in [-0.1, -0.05) is 32.6 Å². The van der Waals surface area contributed by atoms with Crippen molar-refractivity contribution in [3.05, 3.63) is 0 Å². The fourth-order valence-corrected chi connectivity index (χ4v) is 5.79. The van der Waals surface area contributed by atoms with Gasteiger partial charge < -0.3 is 5.73 Å². The Morgan fingerprint density at radius 1 is 1.16 bits per heavy atom. The summed E-state index contributed by atoms with van der Waals surface area (Å²) in [6.07, 6.45) is 8.70. The van der Waals surface area contributed by atoms with Crippen LogP contribution in [0.1, 0.15) is 58.3 Å². The topological polar surface area (TPSA) is 72.2 Å². The molecule has 0 aromatic carbocycles. The standard InChI is InChI=1S/C14H28N2O2S/c1-12-6-4-5-9-14(12,11-15)16-19(17,18)10-13-7-2-3-8-13/h12-13,16H,2-11,15H2,1H3. The third kappa shape index (κ3) is 3.70. The second-order valence-corrected chi connectivity index (χ2v) is 8.31. The molecular weight excluding hydrogens is 260 g/mol. The average molecular weight is 288 g/mol. The van der Waals surface area contributed by atoms with E-state index in [1.54, 1.807) is 0 Å². The molecule has 2 atom stereocenters. The maximum absolute atomic E-state index is 12.4. The number of nitrogens with two attached hydrogens (primary N) is 1. The van der Waals surface area contributed by atoms with E-state index >= 15 is 0 Å². The Labute approximate surface area is 117 Å². The van der Waals surface area contributed by atoms with Crippen LogP contribution in [0.5, 0.6) is 0 Å². The molecule has 112 valence electrons. The van der Waals surface area contributed by atoms with Crippen LogP contribution in [0.15, 0.2) is 0 Å². The molecule has 2 aliphatic carbocycles. The van der Waals surface area contributed by atoms with Gasteiger partial charge >= 0.3 is 0 Å². The van der Waals surface area contributed by atoms with Crippen molar-refractivity contribution in [3.63, 3.8) is 0 Å². The lowest BCUT2D eigenvalue weighted by Gasteiger charge is -2.42. The summed E-state index contributed by atoms with van der Waals surface area (Å²) in [5, 5.41) is 0. The van der Waals surface area contributed by atoms with Crippen molar-refractivity contribution >= 4 is 10.0 Å². The summed E-state index contributed by atoms with van der Waals surface area (Å²) >= 11 is 0. The highest BCUT2D eigenvalue weighted by molar-refractivity contribution is 7.89. The molecule has 19 heavy (non-hydrogen) atoms. The monoisotopic (exact) mass is 288 g/mol. The highest BCUT2D eigenvalue weighted by Gasteiger charge is 2.40. The normalized spacial score (nSPS) is 33.7. The van der Waals surface area contributed by atoms with Gasteiger partial charge in [-0.15, -0.1) is 0 Å². The minimum absolute atomic E-state index is 0.293. The van der Waals surface area contributed by atoms with Crippen molar-refractivity contribution in [1.82, 2.24) is 4.72 Å². The zero-order chi connectivity index (χ0) is 13.9. The molecular formula is C14H28N2O2S. The van der Waals surface area contributed by atoms with Gasteiger partial charge in [-0.25, -0.2) is 13.1 Å². The van der Waals surface area contributed by atoms with E-state index in [9.17, 15) is 8.42 Å². The second-order valence-electron chi connectivity index (χ2n) is 6.54. The maximum Gasteiger partial charge on any atom is 0.212 e. The third-order valence-corrected chi connectivity index (χ3v) is 6.73. The minimum Gasteiger partial charge on any atom is -0.329 e. The molecule has 3 N–H and O–H groups in total. The largest absolute Gasteiger partial charge is 0.329 e. The molecule has 2 fully saturated rings. The van der Waals surface area contributed by atoms with Crippen molar-refractivity contribution in [2.45, 2.75) is 63.8 Å². The molecule has 0 aromatic rings. The number of hydrogen-bond donors (Lipinski definition) is 2. The van der Waals surface area contributed by atoms with E-state index in [4.69, 9.17) is 5.73 Å². The van der Waals surface area contributed by atoms with Crippen LogP contribution in [0.4, 0.5) is 0 Å². The predicted molar refractivity (Wildman–Crippen MR) is 78.3 cm³/mol. The summed E-state index contributed by atoms with van der Waals surface area (Å²) in [5.41, 5.74) is 5.52. The Hall–Kier alpha value is -0.130. The van der Waals surface area contributed by atoms with Gasteiger partial charge in [0.1, 0.15) is 0 Å². The number of rotatable bonds is 5. The molecule has 5 heteroatoms. The van der Waals surface area contributed by atoms with Crippen LogP contribution in [0, 0.1) is 11.8 Å². The number of sulfonamides is 1. The Morgan fingerprint density at radius 2 is 1.79 bits per heavy atom. The van der Waals surface area contributed by atoms with Gasteiger partial charge in [0.25, 0.3) is 0 Å². The Kier molecular flexibility index (Phi) is 4.90. The van der Waals surface area contributed by atoms with Crippen molar-refractivity contribution < 1.29 is 8.42 Å². The van der Waals surface area contributed by atoms with Gasteiger partial charge in [0.15, 0.2) is 0 Å². The van der Waals surface area contributed by atoms with Crippen LogP contribution in [-0.2, 0) is 10.0 Å². The van der Waals surface area contributed by atoms with Crippen LogP contribution in [0.2, 0.25) is 0 Å². The Morgan fingerprint density at radius 3 is 2.37 bits per heavy atom. The SMILES string of the molecule is CC1CCCCC1(CN)NS(=O)(=O)CC1CCCC1. The zero-order valence-corrected chi connectivity index (χ0v) is 12.8. The molecule has 2 rings (SSSR count). The predicted octanol–water partition coefficient (Wildman–Crippen LogP) is 2.00. The van der Waals surface area contributed by atoms with Crippen LogP contribution >= 0.6 is 0 Å². The van der Waals surface area contributed by atoms with Gasteiger partial charge in [0, 0.05) is 12.1 Å². The average Bonchev–Trinajstić information content (AvgIpc) is 2.84. The number of hydrogen-bond acceptors (Lipinski definition) is 3. The maximum atomic E-state index is 12.4. The van der Waals surface area contributed by atoms with E-state index in [1.807, 2.05) is 0 Å². The Bertz CT molecular complexity index is 390. The van der Waals surface area contributed by atoms with E-state index in [0.29, 0.717) is 24.1 Å². The van der Waals surface area contributed by atoms with Gasteiger partial charge in [-0.2, -0.15) is 0 Å². The lowest BCUT2D eigenvalue weighted by molar-refractivity contribution is 0.191. The minimum atomic E-state index is -3.20. The van der Waals surface area contributed by atoms with E-state index in [0.717, 1.165) is 32.1 Å². The Balaban J connectivity index is 2.03. The smallest absolute Gasteiger partial charge is 0.212 e. The van der Waals surface area contributed by atoms with Gasteiger partial charge in [-0.3, -0.25) is 0 Å². The van der Waals surface area contributed by atoms with Gasteiger partial charge in [0.2, 0.25) is 10.0 Å². The molecule has 0 heterocycles. The van der Waals surface area contributed by atoms with Crippen molar-refractivity contribution in [2.75, 3.05) is 12.3 Å². The van der Waals surface area contributed by atoms with Crippen LogP contribution in [-0.4, -0.2) is 26.3 Å². The molecule has 2 unspecified atom stereocenters. The molecule has 2 saturated carbocycles. The fourth-order valence-electron chi connectivity index (χ4n) is 3.75. The quantitative estimate of drug-likeness (QED) is 0.813. The second kappa shape index (κ2) is 6.10. The lowest BCUT2D eigenvalue weighted by atomic mass is 9.74. The molecule has 0 aromatic heterocycles. The van der Waals surface area contributed by atoms with E-state index < -0.39 is 15.6 Å². The summed E-state index contributed by atoms with van der Waals surface area (Å²) in [4.78, 5) is 0. The summed E-state index contributed by atoms with van der Waals surface area (Å²) in [7, 11) is -3.20. The van der Waals surface area contributed by atoms with Crippen LogP contribution in [0.3, 0.4) is 0 Å². The summed E-state index contributed by atoms with van der Waals surface area (Å²) < 4.78 is 27.8. The van der Waals surface area contributed by atoms with Crippen LogP contribution in [0.25, 0.3) is 0 Å². The first kappa shape index (κ1) is 15.3. The first-order valence-corrected chi connectivity index (χ1v) is 9.34. The molecule has 0 bridgehead atoms. The first-order valence-electron chi connectivity index (χ1n) is 7.69. The van der Waals surface area contributed by atoms with Gasteiger partial charge in [-0.05, 0) is 37.5 Å². The van der Waals surface area contributed by atoms with Crippen molar-refractivity contribution in [3.8, 4) is 0 Å². The van der Waals surface area contributed by atoms with E-state index in [2.05, 4.69) is 11.6 Å². The summed E-state index contributed by atoms with van der Waals surface area (Å²) in [5.74, 6) is 0.984. The van der Waals surface area contributed by atoms with Gasteiger partial charge in [0.05, 0.1) is 5.75 Å². The third-order valence-electron chi connectivity index (χ3n) is 5.11. The first-order chi connectivity index (χ1) is 8.97. The van der Waals surface area contributed by atoms with Crippen molar-refractivity contribution in [1.29, 1.82) is 0 Å². The highest BCUT2D eigenvalue weighted by Crippen LogP contribution is 2.34. The molecule has 0 aliphatic heterocycles. The summed E-state index contributed by atoms with van der Waals surface area (Å²) in [6.45, 7) is 2.54. The van der Waals surface area contributed by atoms with Crippen molar-refractivity contribution in [2.24, 2.45) is 17.6 Å². The lowest BCUT2D eigenvalue weighted by Crippen LogP contribution is -2.59. The molecule has 4 nitrogen and oxygen atoms in total. The molecule has 0 spiro atoms. The molecule has 0 saturated heterocycles.